The molecule has 5 aromatic rings. The van der Waals surface area contributed by atoms with Gasteiger partial charge in [0.05, 0.1) is 22.5 Å². The Morgan fingerprint density at radius 2 is 1.53 bits per heavy atom. The minimum Gasteiger partial charge on any atom is -0.351 e. The first-order valence-electron chi connectivity index (χ1n) is 11.7. The maximum absolute atomic E-state index is 13.7. The van der Waals surface area contributed by atoms with Gasteiger partial charge in [-0.2, -0.15) is 5.10 Å². The number of nitrogens with zero attached hydrogens (tertiary/aromatic N) is 4. The SMILES string of the molecule is Fc1ccc(-c2nn3ccccc3c2-c2cc(-c3ccccc3)nc(NC3CCCC3)n2)cc1. The van der Waals surface area contributed by atoms with Crippen LogP contribution in [0.15, 0.2) is 85.1 Å². The first-order chi connectivity index (χ1) is 16.7. The maximum Gasteiger partial charge on any atom is 0.224 e. The van der Waals surface area contributed by atoms with Crippen molar-refractivity contribution in [2.24, 2.45) is 0 Å². The second-order valence-corrected chi connectivity index (χ2v) is 8.71. The van der Waals surface area contributed by atoms with Gasteiger partial charge in [0.25, 0.3) is 0 Å². The van der Waals surface area contributed by atoms with Gasteiger partial charge in [-0.05, 0) is 55.3 Å². The van der Waals surface area contributed by atoms with Crippen LogP contribution in [0.5, 0.6) is 0 Å². The molecule has 0 amide bonds. The zero-order chi connectivity index (χ0) is 22.9. The summed E-state index contributed by atoms with van der Waals surface area (Å²) in [5, 5.41) is 8.41. The number of fused-ring (bicyclic) bond motifs is 1. The highest BCUT2D eigenvalue weighted by Gasteiger charge is 2.21. The Hall–Kier alpha value is -4.06. The molecule has 1 aliphatic carbocycles. The third-order valence-corrected chi connectivity index (χ3v) is 6.40. The molecule has 5 nitrogen and oxygen atoms in total. The van der Waals surface area contributed by atoms with Crippen molar-refractivity contribution >= 4 is 11.5 Å². The Balaban J connectivity index is 1.56. The van der Waals surface area contributed by atoms with Crippen LogP contribution in [-0.4, -0.2) is 25.6 Å². The van der Waals surface area contributed by atoms with E-state index in [1.165, 1.54) is 25.0 Å². The lowest BCUT2D eigenvalue weighted by molar-refractivity contribution is 0.628. The summed E-state index contributed by atoms with van der Waals surface area (Å²) < 4.78 is 15.5. The molecule has 0 bridgehead atoms. The van der Waals surface area contributed by atoms with Crippen LogP contribution in [0.1, 0.15) is 25.7 Å². The third kappa shape index (κ3) is 3.92. The van der Waals surface area contributed by atoms with Crippen molar-refractivity contribution in [3.8, 4) is 33.8 Å². The molecule has 0 unspecified atom stereocenters. The molecule has 1 fully saturated rings. The van der Waals surface area contributed by atoms with E-state index >= 15 is 0 Å². The predicted molar refractivity (Wildman–Crippen MR) is 133 cm³/mol. The van der Waals surface area contributed by atoms with Gasteiger partial charge in [-0.1, -0.05) is 49.2 Å². The average molecular weight is 450 g/mol. The van der Waals surface area contributed by atoms with Gasteiger partial charge in [0.1, 0.15) is 11.5 Å². The monoisotopic (exact) mass is 449 g/mol. The fourth-order valence-corrected chi connectivity index (χ4v) is 4.71. The van der Waals surface area contributed by atoms with Crippen molar-refractivity contribution in [3.05, 3.63) is 90.9 Å². The fourth-order valence-electron chi connectivity index (χ4n) is 4.71. The van der Waals surface area contributed by atoms with Gasteiger partial charge in [0.15, 0.2) is 0 Å². The minimum atomic E-state index is -0.273. The molecule has 0 radical (unpaired) electrons. The molecule has 2 aromatic carbocycles. The second kappa shape index (κ2) is 8.71. The lowest BCUT2D eigenvalue weighted by Gasteiger charge is -2.14. The van der Waals surface area contributed by atoms with E-state index in [0.717, 1.165) is 52.1 Å². The average Bonchev–Trinajstić information content (AvgIpc) is 3.52. The smallest absolute Gasteiger partial charge is 0.224 e. The molecule has 1 aliphatic rings. The Labute approximate surface area is 197 Å². The Morgan fingerprint density at radius 3 is 2.32 bits per heavy atom. The number of hydrogen-bond acceptors (Lipinski definition) is 4. The molecule has 3 heterocycles. The summed E-state index contributed by atoms with van der Waals surface area (Å²) in [7, 11) is 0. The van der Waals surface area contributed by atoms with Crippen molar-refractivity contribution < 1.29 is 4.39 Å². The fraction of sp³-hybridized carbons (Fsp3) is 0.179. The molecule has 0 spiro atoms. The van der Waals surface area contributed by atoms with Crippen LogP contribution >= 0.6 is 0 Å². The van der Waals surface area contributed by atoms with Gasteiger partial charge in [-0.15, -0.1) is 0 Å². The zero-order valence-corrected chi connectivity index (χ0v) is 18.7. The molecule has 34 heavy (non-hydrogen) atoms. The first kappa shape index (κ1) is 20.5. The van der Waals surface area contributed by atoms with E-state index < -0.39 is 0 Å². The molecule has 168 valence electrons. The Bertz CT molecular complexity index is 1440. The van der Waals surface area contributed by atoms with Crippen LogP contribution < -0.4 is 5.32 Å². The molecule has 3 aromatic heterocycles. The van der Waals surface area contributed by atoms with Crippen LogP contribution in [0, 0.1) is 5.82 Å². The highest BCUT2D eigenvalue weighted by atomic mass is 19.1. The standard InChI is InChI=1S/C28H24FN5/c29-21-15-13-20(14-16-21)27-26(25-12-6-7-17-34(25)33-27)24-18-23(19-8-2-1-3-9-19)31-28(32-24)30-22-10-4-5-11-22/h1-3,6-9,12-18,22H,4-5,10-11H2,(H,30,31,32). The van der Waals surface area contributed by atoms with Crippen molar-refractivity contribution in [2.45, 2.75) is 31.7 Å². The van der Waals surface area contributed by atoms with E-state index in [2.05, 4.69) is 17.4 Å². The second-order valence-electron chi connectivity index (χ2n) is 8.71. The molecule has 1 saturated carbocycles. The normalized spacial score (nSPS) is 14.0. The summed E-state index contributed by atoms with van der Waals surface area (Å²) in [6, 6.07) is 25.0. The van der Waals surface area contributed by atoms with Gasteiger partial charge in [-0.3, -0.25) is 0 Å². The van der Waals surface area contributed by atoms with E-state index in [4.69, 9.17) is 15.1 Å². The van der Waals surface area contributed by atoms with Crippen molar-refractivity contribution in [1.82, 2.24) is 19.6 Å². The quantitative estimate of drug-likeness (QED) is 0.328. The number of pyridine rings is 1. The predicted octanol–water partition coefficient (Wildman–Crippen LogP) is 6.62. The number of benzene rings is 2. The lowest BCUT2D eigenvalue weighted by atomic mass is 10.0. The van der Waals surface area contributed by atoms with E-state index in [9.17, 15) is 4.39 Å². The van der Waals surface area contributed by atoms with Crippen LogP contribution in [-0.2, 0) is 0 Å². The van der Waals surface area contributed by atoms with Gasteiger partial charge in [0, 0.05) is 23.4 Å². The van der Waals surface area contributed by atoms with Crippen molar-refractivity contribution in [3.63, 3.8) is 0 Å². The Kier molecular flexibility index (Phi) is 5.26. The molecule has 0 saturated heterocycles. The lowest BCUT2D eigenvalue weighted by Crippen LogP contribution is -2.17. The maximum atomic E-state index is 13.7. The number of aromatic nitrogens is 4. The van der Waals surface area contributed by atoms with Crippen LogP contribution in [0.25, 0.3) is 39.3 Å². The van der Waals surface area contributed by atoms with E-state index in [1.54, 1.807) is 12.1 Å². The Morgan fingerprint density at radius 1 is 0.794 bits per heavy atom. The minimum absolute atomic E-state index is 0.273. The number of hydrogen-bond donors (Lipinski definition) is 1. The molecular formula is C28H24FN5. The van der Waals surface area contributed by atoms with Gasteiger partial charge in [0.2, 0.25) is 5.95 Å². The van der Waals surface area contributed by atoms with Gasteiger partial charge in [-0.25, -0.2) is 18.9 Å². The molecule has 6 rings (SSSR count). The molecular weight excluding hydrogens is 425 g/mol. The van der Waals surface area contributed by atoms with Crippen LogP contribution in [0.3, 0.4) is 0 Å². The summed E-state index contributed by atoms with van der Waals surface area (Å²) >= 11 is 0. The summed E-state index contributed by atoms with van der Waals surface area (Å²) in [4.78, 5) is 9.84. The van der Waals surface area contributed by atoms with Gasteiger partial charge < -0.3 is 5.32 Å². The number of halogens is 1. The number of nitrogens with one attached hydrogen (secondary N) is 1. The third-order valence-electron chi connectivity index (χ3n) is 6.40. The van der Waals surface area contributed by atoms with Crippen molar-refractivity contribution in [1.29, 1.82) is 0 Å². The highest BCUT2D eigenvalue weighted by molar-refractivity contribution is 5.91. The largest absolute Gasteiger partial charge is 0.351 e. The summed E-state index contributed by atoms with van der Waals surface area (Å²) in [6.07, 6.45) is 6.64. The summed E-state index contributed by atoms with van der Waals surface area (Å²) in [6.45, 7) is 0. The van der Waals surface area contributed by atoms with Crippen LogP contribution in [0.2, 0.25) is 0 Å². The highest BCUT2D eigenvalue weighted by Crippen LogP contribution is 2.36. The molecule has 0 atom stereocenters. The zero-order valence-electron chi connectivity index (χ0n) is 18.7. The molecule has 0 aliphatic heterocycles. The topological polar surface area (TPSA) is 55.1 Å². The van der Waals surface area contributed by atoms with E-state index in [1.807, 2.05) is 53.2 Å². The number of rotatable bonds is 5. The van der Waals surface area contributed by atoms with Gasteiger partial charge >= 0.3 is 0 Å². The summed E-state index contributed by atoms with van der Waals surface area (Å²) in [5.74, 6) is 0.356. The molecule has 1 N–H and O–H groups in total. The summed E-state index contributed by atoms with van der Waals surface area (Å²) in [5.41, 5.74) is 6.11. The first-order valence-corrected chi connectivity index (χ1v) is 11.7. The molecule has 6 heteroatoms. The van der Waals surface area contributed by atoms with E-state index in [0.29, 0.717) is 12.0 Å². The van der Waals surface area contributed by atoms with Crippen molar-refractivity contribution in [2.75, 3.05) is 5.32 Å². The number of anilines is 1. The van der Waals surface area contributed by atoms with E-state index in [-0.39, 0.29) is 5.82 Å². The van der Waals surface area contributed by atoms with Crippen LogP contribution in [0.4, 0.5) is 10.3 Å².